The molecule has 9 aliphatic rings. The maximum absolute atomic E-state index is 4.26. The van der Waals surface area contributed by atoms with E-state index in [4.69, 9.17) is 0 Å². The van der Waals surface area contributed by atoms with E-state index in [0.717, 1.165) is 47.3 Å². The van der Waals surface area contributed by atoms with Crippen LogP contribution >= 0.6 is 0 Å². The van der Waals surface area contributed by atoms with Gasteiger partial charge in [-0.3, -0.25) is 42.5 Å². The SMILES string of the molecule is C1CCC2C3NC(NC4NC(NC5NC(NC6NC(N3)C3CCCCC63)C3CCCCC53)C3CCCCC43)C2C1.[Al+3].[Al+3].[O-2].[O-2].[O-2]. The molecule has 5 saturated heterocycles. The second kappa shape index (κ2) is 16.1. The summed E-state index contributed by atoms with van der Waals surface area (Å²) in [5, 5.41) is 33.8. The molecule has 9 fully saturated rings. The van der Waals surface area contributed by atoms with Gasteiger partial charge < -0.3 is 16.4 Å². The Kier molecular flexibility index (Phi) is 13.7. The van der Waals surface area contributed by atoms with Gasteiger partial charge in [0, 0.05) is 0 Å². The zero-order valence-corrected chi connectivity index (χ0v) is 29.2. The molecule has 0 aromatic carbocycles. The van der Waals surface area contributed by atoms with Gasteiger partial charge in [0.25, 0.3) is 0 Å². The van der Waals surface area contributed by atoms with Crippen molar-refractivity contribution in [1.82, 2.24) is 42.5 Å². The molecule has 13 heteroatoms. The van der Waals surface area contributed by atoms with Crippen LogP contribution in [0.3, 0.4) is 0 Å². The largest absolute Gasteiger partial charge is 3.00 e. The molecule has 8 bridgehead atoms. The van der Waals surface area contributed by atoms with E-state index >= 15 is 0 Å². The molecule has 248 valence electrons. The summed E-state index contributed by atoms with van der Waals surface area (Å²) in [6.07, 6.45) is 25.6. The molecule has 11 nitrogen and oxygen atoms in total. The standard InChI is InChI=1S/C32H56N8.2Al.3O/c1-2-10-18-17(9-1)25-33-26(18)38-28-21-13-5-6-14-22(21)30(35-28)40-32-24-16-8-7-15-23(24)31(36-32)39-29-20-12-4-3-11-19(20)27(34-29)37-25;;;;;/h17-40H,1-16H2;;;;;/q;2*+3;3*-2. The Hall–Kier alpha value is 0.625. The predicted molar refractivity (Wildman–Crippen MR) is 171 cm³/mol. The van der Waals surface area contributed by atoms with Crippen molar-refractivity contribution in [1.29, 1.82) is 0 Å². The molecule has 9 rings (SSSR count). The zero-order chi connectivity index (χ0) is 26.2. The topological polar surface area (TPSA) is 182 Å². The van der Waals surface area contributed by atoms with Crippen LogP contribution in [0.2, 0.25) is 0 Å². The van der Waals surface area contributed by atoms with Gasteiger partial charge in [0.1, 0.15) is 0 Å². The maximum atomic E-state index is 4.26. The van der Waals surface area contributed by atoms with Crippen LogP contribution in [0.4, 0.5) is 0 Å². The molecule has 8 unspecified atom stereocenters. The minimum Gasteiger partial charge on any atom is -2.00 e. The Morgan fingerprint density at radius 1 is 0.222 bits per heavy atom. The van der Waals surface area contributed by atoms with Crippen LogP contribution in [0.1, 0.15) is 103 Å². The number of nitrogens with one attached hydrogen (secondary N) is 8. The van der Waals surface area contributed by atoms with Crippen molar-refractivity contribution >= 4 is 34.7 Å². The van der Waals surface area contributed by atoms with Crippen molar-refractivity contribution in [2.45, 2.75) is 152 Å². The van der Waals surface area contributed by atoms with Crippen LogP contribution in [0.25, 0.3) is 0 Å². The first kappa shape index (κ1) is 38.4. The number of hydrogen-bond acceptors (Lipinski definition) is 8. The van der Waals surface area contributed by atoms with Gasteiger partial charge >= 0.3 is 34.7 Å². The molecule has 0 spiro atoms. The monoisotopic (exact) mass is 654 g/mol. The van der Waals surface area contributed by atoms with E-state index < -0.39 is 0 Å². The van der Waals surface area contributed by atoms with Gasteiger partial charge in [0.15, 0.2) is 0 Å². The minimum absolute atomic E-state index is 0. The van der Waals surface area contributed by atoms with Crippen molar-refractivity contribution in [3.8, 4) is 0 Å². The van der Waals surface area contributed by atoms with Gasteiger partial charge in [-0.2, -0.15) is 0 Å². The summed E-state index contributed by atoms with van der Waals surface area (Å²) < 4.78 is 0. The summed E-state index contributed by atoms with van der Waals surface area (Å²) in [7, 11) is 0. The van der Waals surface area contributed by atoms with Gasteiger partial charge in [-0.15, -0.1) is 0 Å². The molecular weight excluding hydrogens is 598 g/mol. The third-order valence-electron chi connectivity index (χ3n) is 13.8. The van der Waals surface area contributed by atoms with E-state index in [1.165, 1.54) is 103 Å². The number of rotatable bonds is 0. The smallest absolute Gasteiger partial charge is 2.00 e. The Balaban J connectivity index is 0.000000922. The van der Waals surface area contributed by atoms with Crippen LogP contribution in [-0.2, 0) is 16.4 Å². The molecule has 5 aliphatic heterocycles. The molecule has 8 N–H and O–H groups in total. The molecule has 4 saturated carbocycles. The first-order valence-corrected chi connectivity index (χ1v) is 17.9. The molecule has 4 aliphatic carbocycles. The van der Waals surface area contributed by atoms with Crippen LogP contribution in [0.5, 0.6) is 0 Å². The first-order chi connectivity index (χ1) is 19.8. The summed E-state index contributed by atoms with van der Waals surface area (Å²) in [5.74, 6) is 5.97. The van der Waals surface area contributed by atoms with Crippen LogP contribution < -0.4 is 42.5 Å². The summed E-state index contributed by atoms with van der Waals surface area (Å²) in [6, 6.07) is 0. The first-order valence-electron chi connectivity index (χ1n) is 17.9. The molecule has 0 amide bonds. The van der Waals surface area contributed by atoms with Crippen LogP contribution in [0.15, 0.2) is 0 Å². The third kappa shape index (κ3) is 6.87. The van der Waals surface area contributed by atoms with E-state index in [1.54, 1.807) is 0 Å². The Labute approximate surface area is 292 Å². The Morgan fingerprint density at radius 3 is 0.444 bits per heavy atom. The van der Waals surface area contributed by atoms with Crippen molar-refractivity contribution in [3.63, 3.8) is 0 Å². The number of hydrogen-bond donors (Lipinski definition) is 8. The maximum Gasteiger partial charge on any atom is 3.00 e. The average molecular weight is 655 g/mol. The Morgan fingerprint density at radius 2 is 0.333 bits per heavy atom. The fraction of sp³-hybridized carbons (Fsp3) is 1.00. The van der Waals surface area contributed by atoms with E-state index in [0.29, 0.717) is 49.3 Å². The Bertz CT molecular complexity index is 737. The predicted octanol–water partition coefficient (Wildman–Crippen LogP) is 1.49. The minimum atomic E-state index is 0. The van der Waals surface area contributed by atoms with Crippen molar-refractivity contribution in [2.75, 3.05) is 0 Å². The van der Waals surface area contributed by atoms with Gasteiger partial charge in [-0.05, 0) is 98.7 Å². The molecule has 45 heavy (non-hydrogen) atoms. The van der Waals surface area contributed by atoms with Crippen LogP contribution in [0, 0.1) is 47.3 Å². The fourth-order valence-electron chi connectivity index (χ4n) is 12.0. The van der Waals surface area contributed by atoms with Crippen molar-refractivity contribution in [3.05, 3.63) is 0 Å². The van der Waals surface area contributed by atoms with Crippen LogP contribution in [-0.4, -0.2) is 84.0 Å². The summed E-state index contributed by atoms with van der Waals surface area (Å²) in [4.78, 5) is 0. The zero-order valence-electron chi connectivity index (χ0n) is 26.9. The van der Waals surface area contributed by atoms with Gasteiger partial charge in [-0.25, -0.2) is 0 Å². The number of fused-ring (bicyclic) bond motifs is 20. The summed E-state index contributed by atoms with van der Waals surface area (Å²) in [6.45, 7) is 0. The summed E-state index contributed by atoms with van der Waals surface area (Å²) in [5.41, 5.74) is 0. The van der Waals surface area contributed by atoms with Gasteiger partial charge in [-0.1, -0.05) is 51.4 Å². The second-order valence-electron chi connectivity index (χ2n) is 15.6. The quantitative estimate of drug-likeness (QED) is 0.181. The van der Waals surface area contributed by atoms with Gasteiger partial charge in [0.05, 0.1) is 49.3 Å². The summed E-state index contributed by atoms with van der Waals surface area (Å²) >= 11 is 0. The molecule has 0 radical (unpaired) electrons. The fourth-order valence-corrected chi connectivity index (χ4v) is 12.0. The second-order valence-corrected chi connectivity index (χ2v) is 15.6. The third-order valence-corrected chi connectivity index (χ3v) is 13.8. The van der Waals surface area contributed by atoms with E-state index in [9.17, 15) is 0 Å². The van der Waals surface area contributed by atoms with Crippen molar-refractivity contribution < 1.29 is 16.4 Å². The molecular formula is C32H56Al2N8O3. The van der Waals surface area contributed by atoms with E-state index in [-0.39, 0.29) is 51.2 Å². The van der Waals surface area contributed by atoms with Crippen molar-refractivity contribution in [2.24, 2.45) is 47.3 Å². The molecule has 0 aromatic rings. The normalized spacial score (nSPS) is 51.2. The average Bonchev–Trinajstić information content (AvgIpc) is 3.73. The molecule has 8 atom stereocenters. The van der Waals surface area contributed by atoms with E-state index in [2.05, 4.69) is 42.5 Å². The molecule has 5 heterocycles. The van der Waals surface area contributed by atoms with Gasteiger partial charge in [0.2, 0.25) is 0 Å². The molecule has 0 aromatic heterocycles. The van der Waals surface area contributed by atoms with E-state index in [1.807, 2.05) is 0 Å².